The predicted octanol–water partition coefficient (Wildman–Crippen LogP) is 3.92. The van der Waals surface area contributed by atoms with Crippen LogP contribution in [0.5, 0.6) is 0 Å². The molecule has 2 aromatic rings. The smallest absolute Gasteiger partial charge is 0.241 e. The number of rotatable bonds is 6. The normalized spacial score (nSPS) is 17.7. The van der Waals surface area contributed by atoms with Crippen molar-refractivity contribution in [2.24, 2.45) is 10.9 Å². The summed E-state index contributed by atoms with van der Waals surface area (Å²) in [5.74, 6) is 1.55. The van der Waals surface area contributed by atoms with E-state index in [1.54, 1.807) is 7.05 Å². The summed E-state index contributed by atoms with van der Waals surface area (Å²) in [5.41, 5.74) is 2.69. The molecule has 0 saturated carbocycles. The molecule has 2 aromatic carbocycles. The molecule has 2 fully saturated rings. The van der Waals surface area contributed by atoms with Crippen molar-refractivity contribution in [1.29, 1.82) is 0 Å². The molecule has 1 amide bonds. The molecule has 6 nitrogen and oxygen atoms in total. The lowest BCUT2D eigenvalue weighted by molar-refractivity contribution is -0.131. The Labute approximate surface area is 221 Å². The predicted molar refractivity (Wildman–Crippen MR) is 151 cm³/mol. The molecule has 2 aliphatic heterocycles. The number of nitrogens with zero attached hydrogens (tertiary/aromatic N) is 3. The van der Waals surface area contributed by atoms with Crippen molar-refractivity contribution in [3.05, 3.63) is 66.2 Å². The van der Waals surface area contributed by atoms with E-state index in [1.165, 1.54) is 11.3 Å². The largest absolute Gasteiger partial charge is 0.371 e. The van der Waals surface area contributed by atoms with E-state index < -0.39 is 0 Å². The van der Waals surface area contributed by atoms with Crippen molar-refractivity contribution in [2.45, 2.75) is 38.1 Å². The first kappa shape index (κ1) is 26.3. The maximum Gasteiger partial charge on any atom is 0.241 e. The van der Waals surface area contributed by atoms with E-state index in [0.29, 0.717) is 18.5 Å². The number of aliphatic imine (C=N–C) groups is 1. The van der Waals surface area contributed by atoms with Crippen LogP contribution in [0.15, 0.2) is 65.7 Å². The monoisotopic (exact) mass is 575 g/mol. The lowest BCUT2D eigenvalue weighted by Gasteiger charge is -2.35. The minimum Gasteiger partial charge on any atom is -0.371 e. The quantitative estimate of drug-likeness (QED) is 0.312. The van der Waals surface area contributed by atoms with Gasteiger partial charge in [-0.05, 0) is 55.7 Å². The number of likely N-dealkylation sites (tertiary alicyclic amines) is 1. The van der Waals surface area contributed by atoms with Gasteiger partial charge in [0.05, 0.1) is 6.54 Å². The molecule has 0 atom stereocenters. The SMILES string of the molecule is CN=C(NCC(=O)N1CCC(Cc2ccccc2)CC1)NC1CCN(c2ccccc2)CC1.I. The van der Waals surface area contributed by atoms with Gasteiger partial charge in [-0.1, -0.05) is 48.5 Å². The highest BCUT2D eigenvalue weighted by atomic mass is 127. The van der Waals surface area contributed by atoms with Crippen LogP contribution in [0.4, 0.5) is 5.69 Å². The second kappa shape index (κ2) is 13.6. The van der Waals surface area contributed by atoms with E-state index in [1.807, 2.05) is 4.90 Å². The van der Waals surface area contributed by atoms with Gasteiger partial charge in [0.15, 0.2) is 5.96 Å². The van der Waals surface area contributed by atoms with Crippen molar-refractivity contribution in [3.63, 3.8) is 0 Å². The number of piperidine rings is 2. The van der Waals surface area contributed by atoms with Gasteiger partial charge >= 0.3 is 0 Å². The number of nitrogens with one attached hydrogen (secondary N) is 2. The molecule has 2 heterocycles. The number of hydrogen-bond acceptors (Lipinski definition) is 3. The van der Waals surface area contributed by atoms with Crippen LogP contribution in [-0.2, 0) is 11.2 Å². The number of hydrogen-bond donors (Lipinski definition) is 2. The van der Waals surface area contributed by atoms with Crippen molar-refractivity contribution >= 4 is 41.5 Å². The molecular weight excluding hydrogens is 537 g/mol. The third-order valence-electron chi connectivity index (χ3n) is 6.92. The van der Waals surface area contributed by atoms with Crippen LogP contribution in [-0.4, -0.2) is 62.6 Å². The average molecular weight is 576 g/mol. The number of para-hydroxylation sites is 1. The van der Waals surface area contributed by atoms with Crippen molar-refractivity contribution in [1.82, 2.24) is 15.5 Å². The maximum atomic E-state index is 12.7. The first-order chi connectivity index (χ1) is 16.2. The molecule has 0 unspecified atom stereocenters. The maximum absolute atomic E-state index is 12.7. The fourth-order valence-electron chi connectivity index (χ4n) is 4.91. The molecule has 0 spiro atoms. The lowest BCUT2D eigenvalue weighted by Crippen LogP contribution is -2.51. The van der Waals surface area contributed by atoms with Gasteiger partial charge in [0.2, 0.25) is 5.91 Å². The molecule has 2 saturated heterocycles. The van der Waals surface area contributed by atoms with E-state index in [9.17, 15) is 4.79 Å². The summed E-state index contributed by atoms with van der Waals surface area (Å²) in [4.78, 5) is 21.5. The molecule has 2 aliphatic rings. The molecule has 2 N–H and O–H groups in total. The second-order valence-electron chi connectivity index (χ2n) is 9.18. The Kier molecular flexibility index (Phi) is 10.5. The van der Waals surface area contributed by atoms with Gasteiger partial charge in [0, 0.05) is 45.0 Å². The number of carbonyl (C=O) groups excluding carboxylic acids is 1. The van der Waals surface area contributed by atoms with Crippen LogP contribution in [0.1, 0.15) is 31.2 Å². The number of guanidine groups is 1. The van der Waals surface area contributed by atoms with E-state index >= 15 is 0 Å². The summed E-state index contributed by atoms with van der Waals surface area (Å²) in [6.45, 7) is 4.04. The Morgan fingerprint density at radius 2 is 1.53 bits per heavy atom. The molecule has 7 heteroatoms. The van der Waals surface area contributed by atoms with Crippen LogP contribution in [0, 0.1) is 5.92 Å². The number of amides is 1. The standard InChI is InChI=1S/C27H37N5O.HI/c1-28-27(30-24-14-18-31(19-15-24)25-10-6-3-7-11-25)29-21-26(33)32-16-12-23(13-17-32)20-22-8-4-2-5-9-22;/h2-11,23-24H,12-21H2,1H3,(H2,28,29,30);1H. The van der Waals surface area contributed by atoms with Gasteiger partial charge in [-0.25, -0.2) is 0 Å². The minimum atomic E-state index is 0. The molecule has 34 heavy (non-hydrogen) atoms. The lowest BCUT2D eigenvalue weighted by atomic mass is 9.90. The fourth-order valence-corrected chi connectivity index (χ4v) is 4.91. The highest BCUT2D eigenvalue weighted by Gasteiger charge is 2.24. The number of carbonyl (C=O) groups is 1. The molecule has 0 aromatic heterocycles. The van der Waals surface area contributed by atoms with Crippen LogP contribution < -0.4 is 15.5 Å². The van der Waals surface area contributed by atoms with Gasteiger partial charge in [0.1, 0.15) is 0 Å². The van der Waals surface area contributed by atoms with E-state index in [-0.39, 0.29) is 29.9 Å². The Bertz CT molecular complexity index is 892. The van der Waals surface area contributed by atoms with Gasteiger partial charge in [-0.3, -0.25) is 9.79 Å². The Balaban J connectivity index is 0.00000324. The highest BCUT2D eigenvalue weighted by Crippen LogP contribution is 2.22. The molecule has 0 radical (unpaired) electrons. The molecule has 4 rings (SSSR count). The molecule has 0 bridgehead atoms. The van der Waals surface area contributed by atoms with Crippen molar-refractivity contribution in [2.75, 3.05) is 44.7 Å². The first-order valence-corrected chi connectivity index (χ1v) is 12.3. The zero-order chi connectivity index (χ0) is 22.9. The molecule has 184 valence electrons. The topological polar surface area (TPSA) is 60.0 Å². The van der Waals surface area contributed by atoms with Gasteiger partial charge in [-0.2, -0.15) is 0 Å². The summed E-state index contributed by atoms with van der Waals surface area (Å²) in [6, 6.07) is 21.6. The van der Waals surface area contributed by atoms with Crippen molar-refractivity contribution in [3.8, 4) is 0 Å². The minimum absolute atomic E-state index is 0. The van der Waals surface area contributed by atoms with Crippen LogP contribution in [0.2, 0.25) is 0 Å². The Morgan fingerprint density at radius 1 is 0.912 bits per heavy atom. The Morgan fingerprint density at radius 3 is 2.15 bits per heavy atom. The van der Waals surface area contributed by atoms with Gasteiger partial charge < -0.3 is 20.4 Å². The fraction of sp³-hybridized carbons (Fsp3) is 0.481. The highest BCUT2D eigenvalue weighted by molar-refractivity contribution is 14.0. The first-order valence-electron chi connectivity index (χ1n) is 12.3. The number of anilines is 1. The van der Waals surface area contributed by atoms with E-state index in [2.05, 4.69) is 81.2 Å². The average Bonchev–Trinajstić information content (AvgIpc) is 2.88. The zero-order valence-corrected chi connectivity index (χ0v) is 22.5. The third-order valence-corrected chi connectivity index (χ3v) is 6.92. The van der Waals surface area contributed by atoms with Gasteiger partial charge in [0.25, 0.3) is 0 Å². The third kappa shape index (κ3) is 7.61. The second-order valence-corrected chi connectivity index (χ2v) is 9.18. The number of halogens is 1. The van der Waals surface area contributed by atoms with Gasteiger partial charge in [-0.15, -0.1) is 24.0 Å². The van der Waals surface area contributed by atoms with Crippen LogP contribution in [0.3, 0.4) is 0 Å². The van der Waals surface area contributed by atoms with Crippen LogP contribution in [0.25, 0.3) is 0 Å². The molecular formula is C27H38IN5O. The Hall–Kier alpha value is -2.29. The van der Waals surface area contributed by atoms with E-state index in [4.69, 9.17) is 0 Å². The van der Waals surface area contributed by atoms with Crippen LogP contribution >= 0.6 is 24.0 Å². The summed E-state index contributed by atoms with van der Waals surface area (Å²) in [6.07, 6.45) is 5.37. The van der Waals surface area contributed by atoms with Crippen molar-refractivity contribution < 1.29 is 4.79 Å². The number of benzene rings is 2. The summed E-state index contributed by atoms with van der Waals surface area (Å²) < 4.78 is 0. The summed E-state index contributed by atoms with van der Waals surface area (Å²) in [7, 11) is 1.77. The molecule has 0 aliphatic carbocycles. The zero-order valence-electron chi connectivity index (χ0n) is 20.2. The van der Waals surface area contributed by atoms with E-state index in [0.717, 1.165) is 64.2 Å². The summed E-state index contributed by atoms with van der Waals surface area (Å²) >= 11 is 0. The summed E-state index contributed by atoms with van der Waals surface area (Å²) in [5, 5.41) is 6.75.